The molecule has 0 aliphatic carbocycles. The molecule has 1 heterocycles. The van der Waals surface area contributed by atoms with E-state index < -0.39 is 0 Å². The quantitative estimate of drug-likeness (QED) is 0.753. The molecule has 0 N–H and O–H groups in total. The van der Waals surface area contributed by atoms with Crippen molar-refractivity contribution in [1.29, 1.82) is 0 Å². The third-order valence-electron chi connectivity index (χ3n) is 2.83. The normalized spacial score (nSPS) is 10.3. The van der Waals surface area contributed by atoms with Crippen LogP contribution < -0.4 is 0 Å². The minimum Gasteiger partial charge on any atom is -0.466 e. The Hall–Kier alpha value is -1.36. The van der Waals surface area contributed by atoms with E-state index in [-0.39, 0.29) is 24.8 Å². The average Bonchev–Trinajstić information content (AvgIpc) is 2.58. The van der Waals surface area contributed by atoms with E-state index in [1.807, 2.05) is 13.8 Å². The molecule has 0 fully saturated rings. The minimum atomic E-state index is -0.256. The summed E-state index contributed by atoms with van der Waals surface area (Å²) in [7, 11) is 0. The van der Waals surface area contributed by atoms with E-state index in [9.17, 15) is 9.59 Å². The van der Waals surface area contributed by atoms with Crippen LogP contribution >= 0.6 is 11.3 Å². The van der Waals surface area contributed by atoms with Gasteiger partial charge in [0.15, 0.2) is 0 Å². The number of ether oxygens (including phenoxy) is 2. The van der Waals surface area contributed by atoms with Crippen LogP contribution in [0.15, 0.2) is 0 Å². The minimum absolute atomic E-state index is 0.221. The summed E-state index contributed by atoms with van der Waals surface area (Å²) in [6, 6.07) is 0. The summed E-state index contributed by atoms with van der Waals surface area (Å²) in [5, 5.41) is 0. The van der Waals surface area contributed by atoms with Gasteiger partial charge in [-0.25, -0.2) is 0 Å². The van der Waals surface area contributed by atoms with Gasteiger partial charge in [-0.15, -0.1) is 11.3 Å². The van der Waals surface area contributed by atoms with Crippen LogP contribution in [0.5, 0.6) is 0 Å². The third kappa shape index (κ3) is 4.35. The van der Waals surface area contributed by atoms with Crippen molar-refractivity contribution in [3.05, 3.63) is 20.9 Å². The lowest BCUT2D eigenvalue weighted by molar-refractivity contribution is -0.143. The molecule has 0 spiro atoms. The first-order chi connectivity index (χ1) is 8.99. The van der Waals surface area contributed by atoms with Gasteiger partial charge in [-0.3, -0.25) is 9.59 Å². The van der Waals surface area contributed by atoms with E-state index in [0.29, 0.717) is 13.2 Å². The van der Waals surface area contributed by atoms with Crippen LogP contribution in [0.3, 0.4) is 0 Å². The molecule has 0 aliphatic heterocycles. The molecular formula is C14H20O4S. The Labute approximate surface area is 117 Å². The zero-order valence-electron chi connectivity index (χ0n) is 11.9. The maximum absolute atomic E-state index is 11.6. The molecule has 0 radical (unpaired) electrons. The molecule has 5 heteroatoms. The number of aryl methyl sites for hydroxylation is 1. The lowest BCUT2D eigenvalue weighted by Gasteiger charge is -2.05. The van der Waals surface area contributed by atoms with E-state index in [1.165, 1.54) is 0 Å². The standard InChI is InChI=1S/C14H20O4S/c1-5-17-13(15)7-11-9(3)10(4)19-12(11)8-14(16)18-6-2/h5-8H2,1-4H3. The molecule has 19 heavy (non-hydrogen) atoms. The van der Waals surface area contributed by atoms with Crippen molar-refractivity contribution in [3.8, 4) is 0 Å². The highest BCUT2D eigenvalue weighted by Gasteiger charge is 2.18. The molecule has 4 nitrogen and oxygen atoms in total. The molecule has 0 bridgehead atoms. The molecular weight excluding hydrogens is 264 g/mol. The van der Waals surface area contributed by atoms with E-state index in [0.717, 1.165) is 20.9 Å². The summed E-state index contributed by atoms with van der Waals surface area (Å²) >= 11 is 1.55. The predicted molar refractivity (Wildman–Crippen MR) is 74.5 cm³/mol. The molecule has 1 rings (SSSR count). The summed E-state index contributed by atoms with van der Waals surface area (Å²) in [4.78, 5) is 25.2. The first-order valence-electron chi connectivity index (χ1n) is 6.38. The lowest BCUT2D eigenvalue weighted by Crippen LogP contribution is -2.12. The van der Waals surface area contributed by atoms with Crippen LogP contribution in [0.2, 0.25) is 0 Å². The summed E-state index contributed by atoms with van der Waals surface area (Å²) in [5.74, 6) is -0.512. The summed E-state index contributed by atoms with van der Waals surface area (Å²) < 4.78 is 9.92. The Balaban J connectivity index is 2.89. The van der Waals surface area contributed by atoms with E-state index in [2.05, 4.69) is 0 Å². The first-order valence-corrected chi connectivity index (χ1v) is 7.20. The van der Waals surface area contributed by atoms with Crippen molar-refractivity contribution >= 4 is 23.3 Å². The second-order valence-corrected chi connectivity index (χ2v) is 5.46. The van der Waals surface area contributed by atoms with Crippen molar-refractivity contribution < 1.29 is 19.1 Å². The average molecular weight is 284 g/mol. The van der Waals surface area contributed by atoms with Gasteiger partial charge in [-0.2, -0.15) is 0 Å². The number of carbonyl (C=O) groups excluding carboxylic acids is 2. The molecule has 0 atom stereocenters. The van der Waals surface area contributed by atoms with Crippen molar-refractivity contribution in [1.82, 2.24) is 0 Å². The number of hydrogen-bond acceptors (Lipinski definition) is 5. The van der Waals surface area contributed by atoms with E-state index in [1.54, 1.807) is 25.2 Å². The van der Waals surface area contributed by atoms with Crippen molar-refractivity contribution in [2.24, 2.45) is 0 Å². The SMILES string of the molecule is CCOC(=O)Cc1sc(C)c(C)c1CC(=O)OCC. The van der Waals surface area contributed by atoms with Gasteiger partial charge in [-0.05, 0) is 38.8 Å². The fourth-order valence-corrected chi connectivity index (χ4v) is 3.00. The largest absolute Gasteiger partial charge is 0.466 e. The second kappa shape index (κ2) is 7.28. The first kappa shape index (κ1) is 15.7. The van der Waals surface area contributed by atoms with Crippen molar-refractivity contribution in [2.45, 2.75) is 40.5 Å². The Morgan fingerprint density at radius 1 is 1.00 bits per heavy atom. The summed E-state index contributed by atoms with van der Waals surface area (Å²) in [6.45, 7) is 8.26. The maximum Gasteiger partial charge on any atom is 0.311 e. The Morgan fingerprint density at radius 2 is 1.53 bits per heavy atom. The van der Waals surface area contributed by atoms with E-state index >= 15 is 0 Å². The van der Waals surface area contributed by atoms with Gasteiger partial charge in [0.2, 0.25) is 0 Å². The maximum atomic E-state index is 11.6. The fourth-order valence-electron chi connectivity index (χ4n) is 1.82. The van der Waals surface area contributed by atoms with Crippen molar-refractivity contribution in [2.75, 3.05) is 13.2 Å². The highest BCUT2D eigenvalue weighted by atomic mass is 32.1. The molecule has 106 valence electrons. The van der Waals surface area contributed by atoms with Crippen LogP contribution in [0.4, 0.5) is 0 Å². The van der Waals surface area contributed by atoms with Gasteiger partial charge in [-0.1, -0.05) is 0 Å². The van der Waals surface area contributed by atoms with Crippen LogP contribution in [-0.2, 0) is 31.9 Å². The lowest BCUT2D eigenvalue weighted by atomic mass is 10.1. The molecule has 0 saturated heterocycles. The number of rotatable bonds is 6. The monoisotopic (exact) mass is 284 g/mol. The highest BCUT2D eigenvalue weighted by molar-refractivity contribution is 7.12. The highest BCUT2D eigenvalue weighted by Crippen LogP contribution is 2.28. The van der Waals surface area contributed by atoms with Crippen LogP contribution in [0.1, 0.15) is 34.7 Å². The third-order valence-corrected chi connectivity index (χ3v) is 4.08. The van der Waals surface area contributed by atoms with Gasteiger partial charge >= 0.3 is 11.9 Å². The Kier molecular flexibility index (Phi) is 6.02. The van der Waals surface area contributed by atoms with Crippen molar-refractivity contribution in [3.63, 3.8) is 0 Å². The zero-order chi connectivity index (χ0) is 14.4. The molecule has 1 aromatic rings. The predicted octanol–water partition coefficient (Wildman–Crippen LogP) is 2.58. The number of hydrogen-bond donors (Lipinski definition) is 0. The fraction of sp³-hybridized carbons (Fsp3) is 0.571. The van der Waals surface area contributed by atoms with Gasteiger partial charge in [0, 0.05) is 9.75 Å². The van der Waals surface area contributed by atoms with Crippen LogP contribution in [0, 0.1) is 13.8 Å². The summed E-state index contributed by atoms with van der Waals surface area (Å²) in [5.41, 5.74) is 1.98. The Morgan fingerprint density at radius 3 is 2.05 bits per heavy atom. The molecule has 0 aromatic carbocycles. The summed E-state index contributed by atoms with van der Waals surface area (Å²) in [6.07, 6.45) is 0.445. The van der Waals surface area contributed by atoms with Crippen LogP contribution in [0.25, 0.3) is 0 Å². The number of esters is 2. The van der Waals surface area contributed by atoms with Gasteiger partial charge in [0.1, 0.15) is 0 Å². The van der Waals surface area contributed by atoms with Crippen LogP contribution in [-0.4, -0.2) is 25.2 Å². The van der Waals surface area contributed by atoms with E-state index in [4.69, 9.17) is 9.47 Å². The molecule has 0 unspecified atom stereocenters. The Bertz CT molecular complexity index is 462. The molecule has 1 aromatic heterocycles. The van der Waals surface area contributed by atoms with Gasteiger partial charge in [0.05, 0.1) is 26.1 Å². The second-order valence-electron chi connectivity index (χ2n) is 4.15. The molecule has 0 amide bonds. The number of carbonyl (C=O) groups is 2. The number of thiophene rings is 1. The molecule has 0 aliphatic rings. The smallest absolute Gasteiger partial charge is 0.311 e. The topological polar surface area (TPSA) is 52.6 Å². The van der Waals surface area contributed by atoms with Gasteiger partial charge in [0.25, 0.3) is 0 Å². The molecule has 0 saturated carbocycles. The van der Waals surface area contributed by atoms with Gasteiger partial charge < -0.3 is 9.47 Å². The zero-order valence-corrected chi connectivity index (χ0v) is 12.7.